The molecule has 0 heterocycles. The SMILES string of the molecule is Cl.NC[C@@H](O)c1cccc(F)c1. The van der Waals surface area contributed by atoms with Gasteiger partial charge in [-0.2, -0.15) is 0 Å². The van der Waals surface area contributed by atoms with E-state index < -0.39 is 6.10 Å². The summed E-state index contributed by atoms with van der Waals surface area (Å²) in [4.78, 5) is 0. The quantitative estimate of drug-likeness (QED) is 0.739. The fraction of sp³-hybridized carbons (Fsp3) is 0.250. The average molecular weight is 192 g/mol. The number of rotatable bonds is 2. The summed E-state index contributed by atoms with van der Waals surface area (Å²) in [5.74, 6) is -0.352. The summed E-state index contributed by atoms with van der Waals surface area (Å²) < 4.78 is 12.5. The minimum atomic E-state index is -0.759. The Morgan fingerprint density at radius 1 is 1.50 bits per heavy atom. The van der Waals surface area contributed by atoms with E-state index in [0.717, 1.165) is 0 Å². The first-order chi connectivity index (χ1) is 5.24. The average Bonchev–Trinajstić information content (AvgIpc) is 2.03. The van der Waals surface area contributed by atoms with Crippen LogP contribution in [0.15, 0.2) is 24.3 Å². The molecule has 1 rings (SSSR count). The van der Waals surface area contributed by atoms with E-state index in [1.165, 1.54) is 12.1 Å². The predicted molar refractivity (Wildman–Crippen MR) is 47.7 cm³/mol. The smallest absolute Gasteiger partial charge is 0.123 e. The molecule has 0 aliphatic rings. The first kappa shape index (κ1) is 11.4. The van der Waals surface area contributed by atoms with E-state index in [4.69, 9.17) is 10.8 Å². The van der Waals surface area contributed by atoms with E-state index in [9.17, 15) is 4.39 Å². The Balaban J connectivity index is 0.00000121. The van der Waals surface area contributed by atoms with Gasteiger partial charge in [0.15, 0.2) is 0 Å². The molecule has 0 aromatic heterocycles. The number of hydrogen-bond acceptors (Lipinski definition) is 2. The van der Waals surface area contributed by atoms with Crippen LogP contribution in [0.2, 0.25) is 0 Å². The maximum absolute atomic E-state index is 12.5. The summed E-state index contributed by atoms with van der Waals surface area (Å²) in [6.45, 7) is 0.115. The summed E-state index contributed by atoms with van der Waals surface area (Å²) in [5, 5.41) is 9.16. The predicted octanol–water partition coefficient (Wildman–Crippen LogP) is 1.24. The van der Waals surface area contributed by atoms with Crippen LogP contribution in [0.4, 0.5) is 4.39 Å². The van der Waals surface area contributed by atoms with Crippen molar-refractivity contribution in [3.8, 4) is 0 Å². The van der Waals surface area contributed by atoms with E-state index in [1.54, 1.807) is 12.1 Å². The molecule has 1 atom stereocenters. The second-order valence-electron chi connectivity index (χ2n) is 2.31. The van der Waals surface area contributed by atoms with Crippen molar-refractivity contribution >= 4 is 12.4 Å². The molecule has 0 saturated heterocycles. The Hall–Kier alpha value is -0.640. The summed E-state index contributed by atoms with van der Waals surface area (Å²) >= 11 is 0. The maximum atomic E-state index is 12.5. The van der Waals surface area contributed by atoms with Crippen molar-refractivity contribution in [3.05, 3.63) is 35.6 Å². The number of hydrogen-bond donors (Lipinski definition) is 2. The fourth-order valence-electron chi connectivity index (χ4n) is 0.850. The lowest BCUT2D eigenvalue weighted by atomic mass is 10.1. The third kappa shape index (κ3) is 2.77. The second kappa shape index (κ2) is 5.09. The molecular weight excluding hydrogens is 181 g/mol. The number of aliphatic hydroxyl groups excluding tert-OH is 1. The summed E-state index contributed by atoms with van der Waals surface area (Å²) in [7, 11) is 0. The molecule has 68 valence electrons. The summed E-state index contributed by atoms with van der Waals surface area (Å²) in [6.07, 6.45) is -0.759. The van der Waals surface area contributed by atoms with Gasteiger partial charge in [0.2, 0.25) is 0 Å². The van der Waals surface area contributed by atoms with Gasteiger partial charge in [0.1, 0.15) is 5.82 Å². The van der Waals surface area contributed by atoms with Gasteiger partial charge in [-0.3, -0.25) is 0 Å². The summed E-state index contributed by atoms with van der Waals surface area (Å²) in [5.41, 5.74) is 5.70. The molecule has 3 N–H and O–H groups in total. The maximum Gasteiger partial charge on any atom is 0.123 e. The minimum Gasteiger partial charge on any atom is -0.387 e. The van der Waals surface area contributed by atoms with Gasteiger partial charge < -0.3 is 10.8 Å². The lowest BCUT2D eigenvalue weighted by molar-refractivity contribution is 0.186. The van der Waals surface area contributed by atoms with Gasteiger partial charge in [0, 0.05) is 6.54 Å². The Morgan fingerprint density at radius 3 is 2.67 bits per heavy atom. The standard InChI is InChI=1S/C8H10FNO.ClH/c9-7-3-1-2-6(4-7)8(11)5-10;/h1-4,8,11H,5,10H2;1H/t8-;/m1./s1. The van der Waals surface area contributed by atoms with Crippen LogP contribution in [0.1, 0.15) is 11.7 Å². The highest BCUT2D eigenvalue weighted by Crippen LogP contribution is 2.11. The first-order valence-corrected chi connectivity index (χ1v) is 3.37. The van der Waals surface area contributed by atoms with Crippen molar-refractivity contribution in [1.29, 1.82) is 0 Å². The molecule has 2 nitrogen and oxygen atoms in total. The highest BCUT2D eigenvalue weighted by Gasteiger charge is 2.04. The highest BCUT2D eigenvalue weighted by molar-refractivity contribution is 5.85. The Morgan fingerprint density at radius 2 is 2.17 bits per heavy atom. The van der Waals surface area contributed by atoms with Crippen LogP contribution in [0.5, 0.6) is 0 Å². The van der Waals surface area contributed by atoms with Crippen molar-refractivity contribution in [1.82, 2.24) is 0 Å². The molecule has 0 unspecified atom stereocenters. The zero-order valence-electron chi connectivity index (χ0n) is 6.40. The highest BCUT2D eigenvalue weighted by atomic mass is 35.5. The van der Waals surface area contributed by atoms with Crippen LogP contribution < -0.4 is 5.73 Å². The molecule has 0 amide bonds. The van der Waals surface area contributed by atoms with E-state index in [1.807, 2.05) is 0 Å². The van der Waals surface area contributed by atoms with Crippen LogP contribution in [0.3, 0.4) is 0 Å². The molecule has 0 aliphatic carbocycles. The van der Waals surface area contributed by atoms with Gasteiger partial charge >= 0.3 is 0 Å². The third-order valence-electron chi connectivity index (χ3n) is 1.46. The van der Waals surface area contributed by atoms with Crippen LogP contribution in [-0.2, 0) is 0 Å². The van der Waals surface area contributed by atoms with Crippen LogP contribution in [-0.4, -0.2) is 11.7 Å². The summed E-state index contributed by atoms with van der Waals surface area (Å²) in [6, 6.07) is 5.79. The Kier molecular flexibility index (Phi) is 4.81. The molecule has 12 heavy (non-hydrogen) atoms. The fourth-order valence-corrected chi connectivity index (χ4v) is 0.850. The van der Waals surface area contributed by atoms with Gasteiger partial charge in [-0.05, 0) is 17.7 Å². The molecule has 0 aliphatic heterocycles. The van der Waals surface area contributed by atoms with E-state index in [-0.39, 0.29) is 24.8 Å². The molecule has 0 bridgehead atoms. The Bertz CT molecular complexity index is 244. The van der Waals surface area contributed by atoms with Gasteiger partial charge in [0.05, 0.1) is 6.10 Å². The molecule has 4 heteroatoms. The molecule has 0 radical (unpaired) electrons. The number of benzene rings is 1. The number of halogens is 2. The third-order valence-corrected chi connectivity index (χ3v) is 1.46. The van der Waals surface area contributed by atoms with Crippen molar-refractivity contribution in [2.75, 3.05) is 6.54 Å². The van der Waals surface area contributed by atoms with Crippen molar-refractivity contribution in [2.45, 2.75) is 6.10 Å². The largest absolute Gasteiger partial charge is 0.387 e. The van der Waals surface area contributed by atoms with Crippen LogP contribution in [0.25, 0.3) is 0 Å². The normalized spacial score (nSPS) is 11.9. The number of nitrogens with two attached hydrogens (primary N) is 1. The van der Waals surface area contributed by atoms with Crippen LogP contribution >= 0.6 is 12.4 Å². The van der Waals surface area contributed by atoms with E-state index in [0.29, 0.717) is 5.56 Å². The van der Waals surface area contributed by atoms with Gasteiger partial charge in [-0.25, -0.2) is 4.39 Å². The molecule has 1 aromatic rings. The second-order valence-corrected chi connectivity index (χ2v) is 2.31. The molecule has 0 saturated carbocycles. The van der Waals surface area contributed by atoms with Crippen molar-refractivity contribution < 1.29 is 9.50 Å². The van der Waals surface area contributed by atoms with Crippen molar-refractivity contribution in [2.24, 2.45) is 5.73 Å². The molecule has 1 aromatic carbocycles. The van der Waals surface area contributed by atoms with E-state index >= 15 is 0 Å². The lowest BCUT2D eigenvalue weighted by Crippen LogP contribution is -2.11. The topological polar surface area (TPSA) is 46.2 Å². The van der Waals surface area contributed by atoms with Crippen LogP contribution in [0, 0.1) is 5.82 Å². The minimum absolute atomic E-state index is 0. The van der Waals surface area contributed by atoms with Crippen molar-refractivity contribution in [3.63, 3.8) is 0 Å². The Labute approximate surface area is 76.6 Å². The molecule has 0 spiro atoms. The van der Waals surface area contributed by atoms with Gasteiger partial charge in [0.25, 0.3) is 0 Å². The molecule has 0 fully saturated rings. The number of aliphatic hydroxyl groups is 1. The zero-order chi connectivity index (χ0) is 8.27. The lowest BCUT2D eigenvalue weighted by Gasteiger charge is -2.06. The van der Waals surface area contributed by atoms with Gasteiger partial charge in [-0.15, -0.1) is 12.4 Å². The molecular formula is C8H11ClFNO. The monoisotopic (exact) mass is 191 g/mol. The first-order valence-electron chi connectivity index (χ1n) is 3.37. The van der Waals surface area contributed by atoms with E-state index in [2.05, 4.69) is 0 Å². The van der Waals surface area contributed by atoms with Gasteiger partial charge in [-0.1, -0.05) is 12.1 Å². The zero-order valence-corrected chi connectivity index (χ0v) is 7.22.